The minimum Gasteiger partial charge on any atom is -0.459 e. The number of carbonyl (C=O) groups is 1. The van der Waals surface area contributed by atoms with E-state index in [-0.39, 0.29) is 5.91 Å². The fraction of sp³-hybridized carbons (Fsp3) is 0.0952. The number of rotatable bonds is 4. The molecule has 4 rings (SSSR count). The third-order valence-corrected chi connectivity index (χ3v) is 4.15. The maximum atomic E-state index is 12.7. The van der Waals surface area contributed by atoms with Gasteiger partial charge in [0.1, 0.15) is 28.9 Å². The first-order valence-corrected chi connectivity index (χ1v) is 8.34. The van der Waals surface area contributed by atoms with E-state index in [0.717, 1.165) is 16.5 Å². The lowest BCUT2D eigenvalue weighted by Gasteiger charge is -2.17. The standard InChI is InChI=1S/C21H17N3O2/c1-14-22-12-11-17(23-14)21(25)24-20(15-7-3-2-4-8-15)19-13-16-9-5-6-10-18(16)26-19/h2-13,20H,1H3,(H,24,25). The molecular formula is C21H17N3O2. The van der Waals surface area contributed by atoms with Crippen LogP contribution in [0, 0.1) is 6.92 Å². The van der Waals surface area contributed by atoms with E-state index in [1.165, 1.54) is 0 Å². The molecule has 0 spiro atoms. The molecule has 0 saturated carbocycles. The second kappa shape index (κ2) is 6.80. The minimum atomic E-state index is -0.411. The Morgan fingerprint density at radius 1 is 1.04 bits per heavy atom. The highest BCUT2D eigenvalue weighted by molar-refractivity contribution is 5.92. The van der Waals surface area contributed by atoms with Crippen LogP contribution in [0.1, 0.15) is 33.7 Å². The molecule has 0 aliphatic heterocycles. The highest BCUT2D eigenvalue weighted by Crippen LogP contribution is 2.28. The number of nitrogens with zero attached hydrogens (tertiary/aromatic N) is 2. The first-order chi connectivity index (χ1) is 12.7. The van der Waals surface area contributed by atoms with Gasteiger partial charge in [-0.05, 0) is 30.7 Å². The number of aromatic nitrogens is 2. The average Bonchev–Trinajstić information content (AvgIpc) is 3.10. The van der Waals surface area contributed by atoms with Gasteiger partial charge in [0.2, 0.25) is 0 Å². The summed E-state index contributed by atoms with van der Waals surface area (Å²) in [6, 6.07) is 20.7. The van der Waals surface area contributed by atoms with Crippen molar-refractivity contribution in [3.63, 3.8) is 0 Å². The number of furan rings is 1. The van der Waals surface area contributed by atoms with Crippen molar-refractivity contribution in [1.82, 2.24) is 15.3 Å². The van der Waals surface area contributed by atoms with E-state index in [0.29, 0.717) is 17.3 Å². The molecule has 0 bridgehead atoms. The van der Waals surface area contributed by atoms with Gasteiger partial charge in [0.25, 0.3) is 5.91 Å². The van der Waals surface area contributed by atoms with Gasteiger partial charge in [-0.2, -0.15) is 0 Å². The van der Waals surface area contributed by atoms with Gasteiger partial charge in [-0.3, -0.25) is 4.79 Å². The van der Waals surface area contributed by atoms with E-state index in [1.807, 2.05) is 60.7 Å². The largest absolute Gasteiger partial charge is 0.459 e. The molecule has 0 fully saturated rings. The maximum Gasteiger partial charge on any atom is 0.270 e. The molecule has 26 heavy (non-hydrogen) atoms. The van der Waals surface area contributed by atoms with Crippen LogP contribution >= 0.6 is 0 Å². The highest BCUT2D eigenvalue weighted by Gasteiger charge is 2.22. The lowest BCUT2D eigenvalue weighted by molar-refractivity contribution is 0.0934. The van der Waals surface area contributed by atoms with Gasteiger partial charge in [0, 0.05) is 11.6 Å². The Hall–Kier alpha value is -3.47. The Morgan fingerprint density at radius 3 is 2.58 bits per heavy atom. The Bertz CT molecular complexity index is 1020. The monoisotopic (exact) mass is 343 g/mol. The van der Waals surface area contributed by atoms with Crippen molar-refractivity contribution in [3.05, 3.63) is 95.8 Å². The molecule has 1 atom stereocenters. The van der Waals surface area contributed by atoms with E-state index >= 15 is 0 Å². The number of para-hydroxylation sites is 1. The van der Waals surface area contributed by atoms with E-state index in [9.17, 15) is 4.79 Å². The van der Waals surface area contributed by atoms with Crippen LogP contribution in [0.25, 0.3) is 11.0 Å². The van der Waals surface area contributed by atoms with Crippen LogP contribution in [0.3, 0.4) is 0 Å². The third kappa shape index (κ3) is 3.19. The molecule has 1 amide bonds. The Balaban J connectivity index is 1.72. The van der Waals surface area contributed by atoms with Crippen molar-refractivity contribution in [2.24, 2.45) is 0 Å². The van der Waals surface area contributed by atoms with Crippen molar-refractivity contribution in [2.45, 2.75) is 13.0 Å². The van der Waals surface area contributed by atoms with E-state index < -0.39 is 6.04 Å². The van der Waals surface area contributed by atoms with Gasteiger partial charge in [-0.25, -0.2) is 9.97 Å². The van der Waals surface area contributed by atoms with Crippen LogP contribution in [0.2, 0.25) is 0 Å². The molecule has 2 heterocycles. The summed E-state index contributed by atoms with van der Waals surface area (Å²) in [6.07, 6.45) is 1.58. The quantitative estimate of drug-likeness (QED) is 0.607. The van der Waals surface area contributed by atoms with Crippen molar-refractivity contribution < 1.29 is 9.21 Å². The second-order valence-corrected chi connectivity index (χ2v) is 5.99. The molecule has 1 N–H and O–H groups in total. The fourth-order valence-corrected chi connectivity index (χ4v) is 2.90. The van der Waals surface area contributed by atoms with Gasteiger partial charge in [0.05, 0.1) is 0 Å². The summed E-state index contributed by atoms with van der Waals surface area (Å²) < 4.78 is 6.00. The van der Waals surface area contributed by atoms with Crippen LogP contribution < -0.4 is 5.32 Å². The molecule has 0 saturated heterocycles. The third-order valence-electron chi connectivity index (χ3n) is 4.15. The Morgan fingerprint density at radius 2 is 1.81 bits per heavy atom. The van der Waals surface area contributed by atoms with E-state index in [1.54, 1.807) is 19.2 Å². The lowest BCUT2D eigenvalue weighted by Crippen LogP contribution is -2.30. The predicted molar refractivity (Wildman–Crippen MR) is 98.7 cm³/mol. The predicted octanol–water partition coefficient (Wildman–Crippen LogP) is 4.05. The van der Waals surface area contributed by atoms with Crippen LogP contribution in [-0.2, 0) is 0 Å². The van der Waals surface area contributed by atoms with E-state index in [4.69, 9.17) is 4.42 Å². The molecule has 5 nitrogen and oxygen atoms in total. The van der Waals surface area contributed by atoms with Gasteiger partial charge in [-0.1, -0.05) is 48.5 Å². The van der Waals surface area contributed by atoms with Crippen LogP contribution in [0.15, 0.2) is 77.3 Å². The van der Waals surface area contributed by atoms with Gasteiger partial charge in [0.15, 0.2) is 0 Å². The van der Waals surface area contributed by atoms with Crippen LogP contribution in [0.4, 0.5) is 0 Å². The molecule has 2 aromatic carbocycles. The van der Waals surface area contributed by atoms with E-state index in [2.05, 4.69) is 15.3 Å². The molecule has 128 valence electrons. The molecule has 0 aliphatic carbocycles. The summed E-state index contributed by atoms with van der Waals surface area (Å²) in [5.74, 6) is 0.957. The van der Waals surface area contributed by atoms with Crippen molar-refractivity contribution in [1.29, 1.82) is 0 Å². The lowest BCUT2D eigenvalue weighted by atomic mass is 10.0. The fourth-order valence-electron chi connectivity index (χ4n) is 2.90. The number of fused-ring (bicyclic) bond motifs is 1. The normalized spacial score (nSPS) is 12.0. The Labute approximate surface area is 150 Å². The number of benzene rings is 2. The number of hydrogen-bond acceptors (Lipinski definition) is 4. The summed E-state index contributed by atoms with van der Waals surface area (Å²) in [4.78, 5) is 21.0. The Kier molecular flexibility index (Phi) is 4.19. The summed E-state index contributed by atoms with van der Waals surface area (Å²) in [5, 5.41) is 4.03. The summed E-state index contributed by atoms with van der Waals surface area (Å²) in [5.41, 5.74) is 2.05. The molecular weight excluding hydrogens is 326 g/mol. The zero-order chi connectivity index (χ0) is 17.9. The molecule has 1 unspecified atom stereocenters. The van der Waals surface area contributed by atoms with Gasteiger partial charge >= 0.3 is 0 Å². The summed E-state index contributed by atoms with van der Waals surface area (Å²) in [7, 11) is 0. The zero-order valence-electron chi connectivity index (χ0n) is 14.2. The number of carbonyl (C=O) groups excluding carboxylic acids is 1. The van der Waals surface area contributed by atoms with Crippen molar-refractivity contribution in [2.75, 3.05) is 0 Å². The first kappa shape index (κ1) is 16.0. The van der Waals surface area contributed by atoms with Crippen LogP contribution in [0.5, 0.6) is 0 Å². The van der Waals surface area contributed by atoms with Gasteiger partial charge in [-0.15, -0.1) is 0 Å². The first-order valence-electron chi connectivity index (χ1n) is 8.34. The van der Waals surface area contributed by atoms with Gasteiger partial charge < -0.3 is 9.73 Å². The summed E-state index contributed by atoms with van der Waals surface area (Å²) >= 11 is 0. The number of amides is 1. The minimum absolute atomic E-state index is 0.273. The second-order valence-electron chi connectivity index (χ2n) is 5.99. The summed E-state index contributed by atoms with van der Waals surface area (Å²) in [6.45, 7) is 1.75. The maximum absolute atomic E-state index is 12.7. The zero-order valence-corrected chi connectivity index (χ0v) is 14.2. The SMILES string of the molecule is Cc1nccc(C(=O)NC(c2ccccc2)c2cc3ccccc3o2)n1. The molecule has 0 radical (unpaired) electrons. The molecule has 4 aromatic rings. The smallest absolute Gasteiger partial charge is 0.270 e. The highest BCUT2D eigenvalue weighted by atomic mass is 16.3. The van der Waals surface area contributed by atoms with Crippen molar-refractivity contribution >= 4 is 16.9 Å². The van der Waals surface area contributed by atoms with Crippen molar-refractivity contribution in [3.8, 4) is 0 Å². The number of aryl methyl sites for hydroxylation is 1. The molecule has 0 aliphatic rings. The number of hydrogen-bond donors (Lipinski definition) is 1. The topological polar surface area (TPSA) is 68.0 Å². The number of nitrogens with one attached hydrogen (secondary N) is 1. The van der Waals surface area contributed by atoms with Crippen LogP contribution in [-0.4, -0.2) is 15.9 Å². The average molecular weight is 343 g/mol. The molecule has 2 aromatic heterocycles. The molecule has 5 heteroatoms.